The van der Waals surface area contributed by atoms with E-state index in [9.17, 15) is 0 Å². The van der Waals surface area contributed by atoms with Crippen molar-refractivity contribution in [2.24, 2.45) is 0 Å². The molecule has 0 saturated carbocycles. The van der Waals surface area contributed by atoms with Crippen LogP contribution in [-0.2, 0) is 0 Å². The minimum atomic E-state index is 0.286. The number of hydrogen-bond donors (Lipinski definition) is 2. The second-order valence-corrected chi connectivity index (χ2v) is 3.73. The minimum absolute atomic E-state index is 0.286. The van der Waals surface area contributed by atoms with Crippen molar-refractivity contribution in [3.63, 3.8) is 0 Å². The lowest BCUT2D eigenvalue weighted by molar-refractivity contribution is 0.758. The number of rotatable bonds is 3. The van der Waals surface area contributed by atoms with E-state index in [0.717, 1.165) is 16.7 Å². The summed E-state index contributed by atoms with van der Waals surface area (Å²) in [4.78, 5) is 7.92. The van der Waals surface area contributed by atoms with Crippen LogP contribution < -0.4 is 11.1 Å². The molecule has 4 nitrogen and oxygen atoms in total. The zero-order chi connectivity index (χ0) is 9.84. The Kier molecular flexibility index (Phi) is 3.48. The number of halogens is 1. The highest BCUT2D eigenvalue weighted by molar-refractivity contribution is 9.10. The van der Waals surface area contributed by atoms with Gasteiger partial charge >= 0.3 is 0 Å². The Bertz CT molecular complexity index is 289. The summed E-state index contributed by atoms with van der Waals surface area (Å²) in [7, 11) is 0. The summed E-state index contributed by atoms with van der Waals surface area (Å²) < 4.78 is 0.835. The summed E-state index contributed by atoms with van der Waals surface area (Å²) in [6, 6.07) is 0.380. The Balaban J connectivity index is 2.81. The highest BCUT2D eigenvalue weighted by Gasteiger charge is 2.05. The number of anilines is 2. The zero-order valence-electron chi connectivity index (χ0n) is 7.71. The molecule has 0 fully saturated rings. The number of nitrogens with zero attached hydrogens (tertiary/aromatic N) is 2. The van der Waals surface area contributed by atoms with Gasteiger partial charge in [0.05, 0.1) is 4.47 Å². The van der Waals surface area contributed by atoms with E-state index in [1.165, 1.54) is 0 Å². The molecule has 0 amide bonds. The first-order chi connectivity index (χ1) is 6.13. The van der Waals surface area contributed by atoms with E-state index in [4.69, 9.17) is 5.73 Å². The molecule has 0 aromatic carbocycles. The number of nitrogens with one attached hydrogen (secondary N) is 1. The van der Waals surface area contributed by atoms with E-state index in [-0.39, 0.29) is 5.95 Å². The van der Waals surface area contributed by atoms with Crippen molar-refractivity contribution in [1.29, 1.82) is 0 Å². The molecule has 1 rings (SSSR count). The summed E-state index contributed by atoms with van der Waals surface area (Å²) in [5.74, 6) is 1.04. The maximum atomic E-state index is 5.46. The van der Waals surface area contributed by atoms with Gasteiger partial charge in [0.15, 0.2) is 0 Å². The van der Waals surface area contributed by atoms with E-state index < -0.39 is 0 Å². The minimum Gasteiger partial charge on any atom is -0.368 e. The van der Waals surface area contributed by atoms with Gasteiger partial charge in [-0.15, -0.1) is 0 Å². The average molecular weight is 245 g/mol. The Hall–Kier alpha value is -0.840. The Labute approximate surface area is 86.1 Å². The van der Waals surface area contributed by atoms with E-state index in [1.807, 2.05) is 0 Å². The van der Waals surface area contributed by atoms with Crippen molar-refractivity contribution in [1.82, 2.24) is 9.97 Å². The van der Waals surface area contributed by atoms with Crippen LogP contribution in [0.25, 0.3) is 0 Å². The number of nitrogens with two attached hydrogens (primary N) is 1. The second-order valence-electron chi connectivity index (χ2n) is 2.88. The Morgan fingerprint density at radius 2 is 2.38 bits per heavy atom. The maximum absolute atomic E-state index is 5.46. The first-order valence-electron chi connectivity index (χ1n) is 4.18. The molecular formula is C8H13BrN4. The van der Waals surface area contributed by atoms with Crippen molar-refractivity contribution in [3.8, 4) is 0 Å². The molecule has 0 aliphatic carbocycles. The van der Waals surface area contributed by atoms with Crippen LogP contribution in [0.5, 0.6) is 0 Å². The maximum Gasteiger partial charge on any atom is 0.221 e. The predicted octanol–water partition coefficient (Wildman–Crippen LogP) is 2.03. The zero-order valence-corrected chi connectivity index (χ0v) is 9.30. The molecule has 1 aromatic heterocycles. The van der Waals surface area contributed by atoms with E-state index >= 15 is 0 Å². The van der Waals surface area contributed by atoms with Gasteiger partial charge in [0.2, 0.25) is 5.95 Å². The third-order valence-corrected chi connectivity index (χ3v) is 2.34. The van der Waals surface area contributed by atoms with Gasteiger partial charge in [-0.2, -0.15) is 4.98 Å². The lowest BCUT2D eigenvalue weighted by Crippen LogP contribution is -2.15. The molecule has 3 N–H and O–H groups in total. The normalized spacial score (nSPS) is 12.5. The van der Waals surface area contributed by atoms with Crippen LogP contribution in [0.3, 0.4) is 0 Å². The molecule has 72 valence electrons. The van der Waals surface area contributed by atoms with Crippen molar-refractivity contribution in [2.75, 3.05) is 11.1 Å². The second kappa shape index (κ2) is 4.41. The summed E-state index contributed by atoms with van der Waals surface area (Å²) in [5.41, 5.74) is 5.46. The molecule has 1 aromatic rings. The lowest BCUT2D eigenvalue weighted by atomic mass is 10.2. The van der Waals surface area contributed by atoms with Crippen molar-refractivity contribution >= 4 is 27.7 Å². The summed E-state index contributed by atoms with van der Waals surface area (Å²) >= 11 is 3.35. The molecule has 1 atom stereocenters. The van der Waals surface area contributed by atoms with Crippen LogP contribution in [-0.4, -0.2) is 16.0 Å². The van der Waals surface area contributed by atoms with Gasteiger partial charge in [-0.3, -0.25) is 0 Å². The fourth-order valence-electron chi connectivity index (χ4n) is 0.817. The molecule has 0 aliphatic rings. The third-order valence-electron chi connectivity index (χ3n) is 1.76. The molecule has 0 bridgehead atoms. The van der Waals surface area contributed by atoms with Crippen LogP contribution in [0, 0.1) is 0 Å². The summed E-state index contributed by atoms with van der Waals surface area (Å²) in [6.45, 7) is 4.20. The van der Waals surface area contributed by atoms with Gasteiger partial charge in [0, 0.05) is 12.2 Å². The number of nitrogen functional groups attached to an aromatic ring is 1. The quantitative estimate of drug-likeness (QED) is 0.855. The van der Waals surface area contributed by atoms with Crippen LogP contribution in [0.4, 0.5) is 11.8 Å². The molecule has 13 heavy (non-hydrogen) atoms. The molecule has 0 radical (unpaired) electrons. The van der Waals surface area contributed by atoms with Crippen molar-refractivity contribution in [3.05, 3.63) is 10.7 Å². The molecule has 5 heteroatoms. The molecule has 0 saturated heterocycles. The van der Waals surface area contributed by atoms with Gasteiger partial charge in [-0.1, -0.05) is 6.92 Å². The van der Waals surface area contributed by atoms with Crippen LogP contribution in [0.1, 0.15) is 20.3 Å². The van der Waals surface area contributed by atoms with Gasteiger partial charge in [0.1, 0.15) is 5.82 Å². The molecule has 0 aliphatic heterocycles. The smallest absolute Gasteiger partial charge is 0.221 e. The highest BCUT2D eigenvalue weighted by atomic mass is 79.9. The van der Waals surface area contributed by atoms with E-state index in [1.54, 1.807) is 6.20 Å². The topological polar surface area (TPSA) is 63.8 Å². The monoisotopic (exact) mass is 244 g/mol. The van der Waals surface area contributed by atoms with Crippen LogP contribution in [0.2, 0.25) is 0 Å². The number of aromatic nitrogens is 2. The first kappa shape index (κ1) is 10.2. The summed E-state index contributed by atoms with van der Waals surface area (Å²) in [6.07, 6.45) is 2.68. The standard InChI is InChI=1S/C8H13BrN4/c1-3-5(2)12-7-6(9)4-11-8(10)13-7/h4-5H,3H2,1-2H3,(H3,10,11,12,13). The Morgan fingerprint density at radius 3 is 3.00 bits per heavy atom. The predicted molar refractivity (Wildman–Crippen MR) is 57.5 cm³/mol. The molecule has 1 unspecified atom stereocenters. The highest BCUT2D eigenvalue weighted by Crippen LogP contribution is 2.20. The first-order valence-corrected chi connectivity index (χ1v) is 4.97. The van der Waals surface area contributed by atoms with Gasteiger partial charge in [0.25, 0.3) is 0 Å². The van der Waals surface area contributed by atoms with Crippen LogP contribution >= 0.6 is 15.9 Å². The van der Waals surface area contributed by atoms with E-state index in [2.05, 4.69) is 45.1 Å². The largest absolute Gasteiger partial charge is 0.368 e. The fraction of sp³-hybridized carbons (Fsp3) is 0.500. The van der Waals surface area contributed by atoms with Crippen molar-refractivity contribution in [2.45, 2.75) is 26.3 Å². The average Bonchev–Trinajstić information content (AvgIpc) is 2.11. The van der Waals surface area contributed by atoms with Gasteiger partial charge in [-0.05, 0) is 29.3 Å². The molecular weight excluding hydrogens is 232 g/mol. The van der Waals surface area contributed by atoms with Gasteiger partial charge < -0.3 is 11.1 Å². The SMILES string of the molecule is CCC(C)Nc1nc(N)ncc1Br. The molecule has 0 spiro atoms. The number of hydrogen-bond acceptors (Lipinski definition) is 4. The van der Waals surface area contributed by atoms with E-state index in [0.29, 0.717) is 6.04 Å². The van der Waals surface area contributed by atoms with Gasteiger partial charge in [-0.25, -0.2) is 4.98 Å². The fourth-order valence-corrected chi connectivity index (χ4v) is 1.12. The molecule has 1 heterocycles. The third kappa shape index (κ3) is 2.84. The van der Waals surface area contributed by atoms with Crippen LogP contribution in [0.15, 0.2) is 10.7 Å². The lowest BCUT2D eigenvalue weighted by Gasteiger charge is -2.12. The van der Waals surface area contributed by atoms with Crippen molar-refractivity contribution < 1.29 is 0 Å². The summed E-state index contributed by atoms with van der Waals surface area (Å²) in [5, 5.41) is 3.22. The Morgan fingerprint density at radius 1 is 1.69 bits per heavy atom.